The number of aliphatic hydroxyl groups excluding tert-OH is 1. The zero-order valence-corrected chi connectivity index (χ0v) is 8.74. The average molecular weight is 225 g/mol. The second-order valence-electron chi connectivity index (χ2n) is 2.73. The van der Waals surface area contributed by atoms with Gasteiger partial charge in [0.1, 0.15) is 6.73 Å². The summed E-state index contributed by atoms with van der Waals surface area (Å²) in [5.41, 5.74) is 0.0405. The smallest absolute Gasteiger partial charge is 0.280 e. The van der Waals surface area contributed by atoms with Crippen molar-refractivity contribution in [3.8, 4) is 0 Å². The van der Waals surface area contributed by atoms with Crippen LogP contribution in [0, 0.1) is 0 Å². The Morgan fingerprint density at radius 3 is 2.93 bits per heavy atom. The Morgan fingerprint density at radius 1 is 1.47 bits per heavy atom. The monoisotopic (exact) mass is 225 g/mol. The Morgan fingerprint density at radius 2 is 2.20 bits per heavy atom. The number of rotatable bonds is 2. The zero-order valence-electron chi connectivity index (χ0n) is 7.58. The highest BCUT2D eigenvalue weighted by Crippen LogP contribution is 2.10. The molecule has 0 aliphatic heterocycles. The van der Waals surface area contributed by atoms with Crippen molar-refractivity contribution in [3.63, 3.8) is 0 Å². The molecule has 0 saturated heterocycles. The van der Waals surface area contributed by atoms with Crippen LogP contribution in [0.1, 0.15) is 0 Å². The van der Waals surface area contributed by atoms with E-state index in [1.165, 1.54) is 17.1 Å². The number of nitrogens with one attached hydrogen (secondary N) is 1. The molecule has 2 heterocycles. The molecule has 78 valence electrons. The number of H-pyrrole nitrogens is 1. The number of aromatic nitrogens is 4. The first-order chi connectivity index (χ1) is 7.22. The van der Waals surface area contributed by atoms with Crippen molar-refractivity contribution in [1.29, 1.82) is 0 Å². The van der Waals surface area contributed by atoms with Gasteiger partial charge in [-0.3, -0.25) is 9.78 Å². The van der Waals surface area contributed by atoms with Gasteiger partial charge in [-0.2, -0.15) is 4.98 Å². The number of aliphatic hydroxyl groups is 1. The molecule has 1 atom stereocenters. The van der Waals surface area contributed by atoms with Crippen LogP contribution in [0.25, 0.3) is 11.2 Å². The number of fused-ring (bicyclic) bond motifs is 1. The van der Waals surface area contributed by atoms with Gasteiger partial charge in [-0.1, -0.05) is 0 Å². The van der Waals surface area contributed by atoms with Crippen LogP contribution in [-0.2, 0) is 0 Å². The van der Waals surface area contributed by atoms with E-state index in [0.29, 0.717) is 0 Å². The SMILES string of the molecule is O=c1[nH]c(N(P)CO)nc2nccnc12. The van der Waals surface area contributed by atoms with Crippen LogP contribution in [0.5, 0.6) is 0 Å². The topological polar surface area (TPSA) is 95.0 Å². The van der Waals surface area contributed by atoms with E-state index in [0.717, 1.165) is 0 Å². The van der Waals surface area contributed by atoms with Gasteiger partial charge in [0.25, 0.3) is 5.56 Å². The second-order valence-corrected chi connectivity index (χ2v) is 3.35. The van der Waals surface area contributed by atoms with Crippen molar-refractivity contribution >= 4 is 26.5 Å². The molecule has 0 aliphatic carbocycles. The molecule has 7 nitrogen and oxygen atoms in total. The van der Waals surface area contributed by atoms with E-state index in [9.17, 15) is 4.79 Å². The molecule has 0 spiro atoms. The molecule has 0 aliphatic rings. The molecule has 1 unspecified atom stereocenters. The minimum atomic E-state index is -0.385. The van der Waals surface area contributed by atoms with E-state index < -0.39 is 0 Å². The predicted octanol–water partition coefficient (Wildman–Crippen LogP) is -0.741. The summed E-state index contributed by atoms with van der Waals surface area (Å²) in [5, 5.41) is 8.86. The second kappa shape index (κ2) is 3.88. The van der Waals surface area contributed by atoms with Gasteiger partial charge < -0.3 is 9.78 Å². The first-order valence-corrected chi connectivity index (χ1v) is 4.58. The minimum Gasteiger partial charge on any atom is -0.376 e. The lowest BCUT2D eigenvalue weighted by atomic mass is 10.5. The summed E-state index contributed by atoms with van der Waals surface area (Å²) in [6.07, 6.45) is 2.87. The highest BCUT2D eigenvalue weighted by atomic mass is 31.0. The molecule has 0 amide bonds. The fraction of sp³-hybridized carbons (Fsp3) is 0.143. The average Bonchev–Trinajstić information content (AvgIpc) is 2.28. The summed E-state index contributed by atoms with van der Waals surface area (Å²) in [6.45, 7) is -0.278. The first-order valence-electron chi connectivity index (χ1n) is 4.06. The Hall–Kier alpha value is -1.59. The molecule has 15 heavy (non-hydrogen) atoms. The standard InChI is InChI=1S/C7H8N5O2P/c13-3-12(15)7-10-5-4(6(14)11-7)8-1-2-9-5/h1-2,13H,3,15H2,(H,9,10,11,14). The molecule has 8 heteroatoms. The molecule has 0 saturated carbocycles. The number of hydrogen-bond acceptors (Lipinski definition) is 6. The van der Waals surface area contributed by atoms with E-state index in [1.807, 2.05) is 0 Å². The minimum absolute atomic E-state index is 0.178. The van der Waals surface area contributed by atoms with Gasteiger partial charge >= 0.3 is 0 Å². The van der Waals surface area contributed by atoms with Gasteiger partial charge in [0.15, 0.2) is 11.2 Å². The van der Waals surface area contributed by atoms with Crippen LogP contribution in [0.2, 0.25) is 0 Å². The van der Waals surface area contributed by atoms with Crippen LogP contribution < -0.4 is 10.2 Å². The van der Waals surface area contributed by atoms with E-state index in [2.05, 4.69) is 29.3 Å². The Kier molecular flexibility index (Phi) is 2.57. The maximum atomic E-state index is 11.5. The number of aromatic amines is 1. The zero-order chi connectivity index (χ0) is 10.8. The van der Waals surface area contributed by atoms with Crippen molar-refractivity contribution in [3.05, 3.63) is 22.7 Å². The van der Waals surface area contributed by atoms with Crippen molar-refractivity contribution in [2.24, 2.45) is 0 Å². The Balaban J connectivity index is 2.67. The predicted molar refractivity (Wildman–Crippen MR) is 57.2 cm³/mol. The number of hydrogen-bond donors (Lipinski definition) is 2. The summed E-state index contributed by atoms with van der Waals surface area (Å²) in [4.78, 5) is 25.8. The lowest BCUT2D eigenvalue weighted by molar-refractivity contribution is 0.311. The summed E-state index contributed by atoms with van der Waals surface area (Å²) in [5.74, 6) is 0.223. The molecule has 0 aromatic carbocycles. The van der Waals surface area contributed by atoms with Crippen LogP contribution >= 0.6 is 9.39 Å². The van der Waals surface area contributed by atoms with Gasteiger partial charge in [0.2, 0.25) is 5.95 Å². The van der Waals surface area contributed by atoms with Crippen molar-refractivity contribution in [2.45, 2.75) is 0 Å². The Bertz CT molecular complexity index is 542. The lowest BCUT2D eigenvalue weighted by Crippen LogP contribution is -2.19. The normalized spacial score (nSPS) is 10.5. The largest absolute Gasteiger partial charge is 0.376 e. The molecular formula is C7H8N5O2P. The van der Waals surface area contributed by atoms with E-state index in [4.69, 9.17) is 5.11 Å². The lowest BCUT2D eigenvalue weighted by Gasteiger charge is -2.12. The van der Waals surface area contributed by atoms with Gasteiger partial charge in [0, 0.05) is 12.4 Å². The highest BCUT2D eigenvalue weighted by molar-refractivity contribution is 7.19. The van der Waals surface area contributed by atoms with Crippen LogP contribution in [0.15, 0.2) is 17.2 Å². The molecular weight excluding hydrogens is 217 g/mol. The fourth-order valence-corrected chi connectivity index (χ4v) is 1.19. The third-order valence-corrected chi connectivity index (χ3v) is 2.16. The third-order valence-electron chi connectivity index (χ3n) is 1.76. The molecule has 2 N–H and O–H groups in total. The summed E-state index contributed by atoms with van der Waals surface area (Å²) >= 11 is 0. The van der Waals surface area contributed by atoms with Gasteiger partial charge in [-0.05, 0) is 9.39 Å². The first kappa shape index (κ1) is 9.95. The third kappa shape index (κ3) is 1.79. The molecule has 2 aromatic rings. The Labute approximate surface area is 86.5 Å². The van der Waals surface area contributed by atoms with Crippen molar-refractivity contribution in [2.75, 3.05) is 11.4 Å². The molecule has 2 rings (SSSR count). The number of nitrogens with zero attached hydrogens (tertiary/aromatic N) is 4. The van der Waals surface area contributed by atoms with E-state index in [1.54, 1.807) is 0 Å². The fourth-order valence-electron chi connectivity index (χ4n) is 1.06. The summed E-state index contributed by atoms with van der Waals surface area (Å²) < 4.78 is 1.30. The maximum absolute atomic E-state index is 11.5. The summed E-state index contributed by atoms with van der Waals surface area (Å²) in [7, 11) is 2.22. The van der Waals surface area contributed by atoms with Gasteiger partial charge in [0.05, 0.1) is 0 Å². The molecule has 0 fully saturated rings. The van der Waals surface area contributed by atoms with E-state index >= 15 is 0 Å². The molecule has 0 radical (unpaired) electrons. The summed E-state index contributed by atoms with van der Waals surface area (Å²) in [6, 6.07) is 0. The van der Waals surface area contributed by atoms with Crippen LogP contribution in [-0.4, -0.2) is 31.8 Å². The maximum Gasteiger partial charge on any atom is 0.280 e. The number of anilines is 1. The van der Waals surface area contributed by atoms with E-state index in [-0.39, 0.29) is 29.4 Å². The van der Waals surface area contributed by atoms with Crippen molar-refractivity contribution < 1.29 is 5.11 Å². The van der Waals surface area contributed by atoms with Crippen LogP contribution in [0.4, 0.5) is 5.95 Å². The molecule has 0 bridgehead atoms. The molecule has 2 aromatic heterocycles. The van der Waals surface area contributed by atoms with Crippen LogP contribution in [0.3, 0.4) is 0 Å². The van der Waals surface area contributed by atoms with Crippen molar-refractivity contribution in [1.82, 2.24) is 19.9 Å². The quantitative estimate of drug-likeness (QED) is 0.516. The van der Waals surface area contributed by atoms with Gasteiger partial charge in [-0.25, -0.2) is 9.97 Å². The van der Waals surface area contributed by atoms with Gasteiger partial charge in [-0.15, -0.1) is 0 Å². The highest BCUT2D eigenvalue weighted by Gasteiger charge is 2.07.